The third kappa shape index (κ3) is 4.35. The molecule has 3 nitrogen and oxygen atoms in total. The highest BCUT2D eigenvalue weighted by atomic mass is 16.4. The summed E-state index contributed by atoms with van der Waals surface area (Å²) in [5, 5.41) is 8.90. The van der Waals surface area contributed by atoms with E-state index in [9.17, 15) is 4.79 Å². The lowest BCUT2D eigenvalue weighted by atomic mass is 10.00. The molecule has 1 unspecified atom stereocenters. The first-order chi connectivity index (χ1) is 8.85. The van der Waals surface area contributed by atoms with Crippen LogP contribution in [0, 0.1) is 20.8 Å². The van der Waals surface area contributed by atoms with E-state index in [1.165, 1.54) is 22.3 Å². The standard InChI is InChI=1S/C16H25NO2/c1-6-17(14(5)9-16(18)19)10-15-8-12(3)11(2)7-13(15)4/h7-8,14H,6,9-10H2,1-5H3,(H,18,19). The normalized spacial score (nSPS) is 12.7. The van der Waals surface area contributed by atoms with Gasteiger partial charge in [0.25, 0.3) is 0 Å². The molecule has 0 bridgehead atoms. The summed E-state index contributed by atoms with van der Waals surface area (Å²) in [4.78, 5) is 13.0. The summed E-state index contributed by atoms with van der Waals surface area (Å²) in [6.07, 6.45) is 0.192. The molecule has 3 heteroatoms. The highest BCUT2D eigenvalue weighted by Crippen LogP contribution is 2.18. The van der Waals surface area contributed by atoms with Crippen molar-refractivity contribution in [3.05, 3.63) is 34.4 Å². The average molecular weight is 263 g/mol. The van der Waals surface area contributed by atoms with Gasteiger partial charge in [0, 0.05) is 12.6 Å². The monoisotopic (exact) mass is 263 g/mol. The fourth-order valence-corrected chi connectivity index (χ4v) is 2.37. The van der Waals surface area contributed by atoms with Gasteiger partial charge in [-0.05, 0) is 56.5 Å². The molecular formula is C16H25NO2. The summed E-state index contributed by atoms with van der Waals surface area (Å²) in [6, 6.07) is 4.49. The lowest BCUT2D eigenvalue weighted by molar-refractivity contribution is -0.138. The molecule has 0 radical (unpaired) electrons. The Labute approximate surface area is 116 Å². The van der Waals surface area contributed by atoms with Crippen LogP contribution in [0.25, 0.3) is 0 Å². The Bertz CT molecular complexity index is 454. The summed E-state index contributed by atoms with van der Waals surface area (Å²) >= 11 is 0. The van der Waals surface area contributed by atoms with E-state index >= 15 is 0 Å². The number of aryl methyl sites for hydroxylation is 3. The van der Waals surface area contributed by atoms with Crippen LogP contribution in [0.3, 0.4) is 0 Å². The van der Waals surface area contributed by atoms with Crippen LogP contribution in [0.4, 0.5) is 0 Å². The molecule has 1 aromatic carbocycles. The van der Waals surface area contributed by atoms with Gasteiger partial charge in [-0.1, -0.05) is 19.1 Å². The van der Waals surface area contributed by atoms with E-state index in [0.717, 1.165) is 13.1 Å². The number of rotatable bonds is 6. The van der Waals surface area contributed by atoms with Gasteiger partial charge in [0.15, 0.2) is 0 Å². The van der Waals surface area contributed by atoms with Crippen molar-refractivity contribution < 1.29 is 9.90 Å². The number of carboxylic acid groups (broad SMARTS) is 1. The number of hydrogen-bond donors (Lipinski definition) is 1. The second kappa shape index (κ2) is 6.71. The summed E-state index contributed by atoms with van der Waals surface area (Å²) < 4.78 is 0. The minimum atomic E-state index is -0.734. The molecule has 19 heavy (non-hydrogen) atoms. The molecule has 0 spiro atoms. The van der Waals surface area contributed by atoms with Crippen LogP contribution in [0.1, 0.15) is 42.5 Å². The van der Waals surface area contributed by atoms with Crippen molar-refractivity contribution >= 4 is 5.97 Å². The quantitative estimate of drug-likeness (QED) is 0.856. The van der Waals surface area contributed by atoms with E-state index < -0.39 is 5.97 Å². The maximum Gasteiger partial charge on any atom is 0.304 e. The van der Waals surface area contributed by atoms with Gasteiger partial charge in [-0.25, -0.2) is 0 Å². The highest BCUT2D eigenvalue weighted by molar-refractivity contribution is 5.67. The zero-order valence-corrected chi connectivity index (χ0v) is 12.7. The molecule has 1 aromatic rings. The Balaban J connectivity index is 2.86. The Kier molecular flexibility index (Phi) is 5.55. The fraction of sp³-hybridized carbons (Fsp3) is 0.562. The number of benzene rings is 1. The molecular weight excluding hydrogens is 238 g/mol. The molecule has 0 heterocycles. The van der Waals surface area contributed by atoms with Crippen molar-refractivity contribution in [2.75, 3.05) is 6.54 Å². The van der Waals surface area contributed by atoms with Crippen molar-refractivity contribution in [3.8, 4) is 0 Å². The molecule has 0 aliphatic rings. The van der Waals surface area contributed by atoms with Crippen LogP contribution >= 0.6 is 0 Å². The maximum absolute atomic E-state index is 10.8. The summed E-state index contributed by atoms with van der Waals surface area (Å²) in [5.41, 5.74) is 5.18. The van der Waals surface area contributed by atoms with Gasteiger partial charge in [0.05, 0.1) is 6.42 Å². The maximum atomic E-state index is 10.8. The van der Waals surface area contributed by atoms with E-state index in [-0.39, 0.29) is 12.5 Å². The molecule has 0 aliphatic heterocycles. The minimum absolute atomic E-state index is 0.0588. The second-order valence-electron chi connectivity index (χ2n) is 5.37. The first-order valence-electron chi connectivity index (χ1n) is 6.87. The first kappa shape index (κ1) is 15.7. The fourth-order valence-electron chi connectivity index (χ4n) is 2.37. The molecule has 0 saturated heterocycles. The van der Waals surface area contributed by atoms with Crippen LogP contribution in [0.2, 0.25) is 0 Å². The average Bonchev–Trinajstić information content (AvgIpc) is 2.31. The Morgan fingerprint density at radius 3 is 2.32 bits per heavy atom. The van der Waals surface area contributed by atoms with Gasteiger partial charge in [-0.3, -0.25) is 9.69 Å². The number of aliphatic carboxylic acids is 1. The number of nitrogens with zero attached hydrogens (tertiary/aromatic N) is 1. The van der Waals surface area contributed by atoms with Gasteiger partial charge in [-0.2, -0.15) is 0 Å². The van der Waals surface area contributed by atoms with Gasteiger partial charge in [-0.15, -0.1) is 0 Å². The molecule has 0 fully saturated rings. The predicted molar refractivity (Wildman–Crippen MR) is 78.5 cm³/mol. The van der Waals surface area contributed by atoms with Gasteiger partial charge in [0.2, 0.25) is 0 Å². The van der Waals surface area contributed by atoms with Crippen molar-refractivity contribution in [1.29, 1.82) is 0 Å². The molecule has 1 atom stereocenters. The molecule has 0 aromatic heterocycles. The number of hydrogen-bond acceptors (Lipinski definition) is 2. The first-order valence-corrected chi connectivity index (χ1v) is 6.87. The third-order valence-electron chi connectivity index (χ3n) is 3.83. The van der Waals surface area contributed by atoms with Gasteiger partial charge >= 0.3 is 5.97 Å². The van der Waals surface area contributed by atoms with E-state index in [1.54, 1.807) is 0 Å². The van der Waals surface area contributed by atoms with Crippen molar-refractivity contribution in [1.82, 2.24) is 4.90 Å². The Morgan fingerprint density at radius 1 is 1.21 bits per heavy atom. The molecule has 1 rings (SSSR count). The zero-order chi connectivity index (χ0) is 14.6. The van der Waals surface area contributed by atoms with Gasteiger partial charge < -0.3 is 5.11 Å². The zero-order valence-electron chi connectivity index (χ0n) is 12.7. The highest BCUT2D eigenvalue weighted by Gasteiger charge is 2.16. The smallest absolute Gasteiger partial charge is 0.304 e. The Morgan fingerprint density at radius 2 is 1.79 bits per heavy atom. The predicted octanol–water partition coefficient (Wildman–Crippen LogP) is 3.30. The lowest BCUT2D eigenvalue weighted by Gasteiger charge is -2.27. The van der Waals surface area contributed by atoms with Crippen molar-refractivity contribution in [3.63, 3.8) is 0 Å². The molecule has 0 amide bonds. The third-order valence-corrected chi connectivity index (χ3v) is 3.83. The lowest BCUT2D eigenvalue weighted by Crippen LogP contribution is -2.34. The van der Waals surface area contributed by atoms with E-state index in [4.69, 9.17) is 5.11 Å². The largest absolute Gasteiger partial charge is 0.481 e. The van der Waals surface area contributed by atoms with Crippen LogP contribution in [0.15, 0.2) is 12.1 Å². The topological polar surface area (TPSA) is 40.5 Å². The van der Waals surface area contributed by atoms with Crippen LogP contribution in [0.5, 0.6) is 0 Å². The summed E-state index contributed by atoms with van der Waals surface area (Å²) in [5.74, 6) is -0.734. The van der Waals surface area contributed by atoms with Crippen molar-refractivity contribution in [2.45, 2.75) is 53.6 Å². The summed E-state index contributed by atoms with van der Waals surface area (Å²) in [6.45, 7) is 12.1. The Hall–Kier alpha value is -1.35. The molecule has 0 saturated carbocycles. The minimum Gasteiger partial charge on any atom is -0.481 e. The van der Waals surface area contributed by atoms with Crippen molar-refractivity contribution in [2.24, 2.45) is 0 Å². The molecule has 0 aliphatic carbocycles. The van der Waals surface area contributed by atoms with Crippen LogP contribution in [-0.4, -0.2) is 28.6 Å². The molecule has 106 valence electrons. The van der Waals surface area contributed by atoms with E-state index in [0.29, 0.717) is 0 Å². The van der Waals surface area contributed by atoms with E-state index in [1.807, 2.05) is 6.92 Å². The van der Waals surface area contributed by atoms with Crippen LogP contribution < -0.4 is 0 Å². The van der Waals surface area contributed by atoms with E-state index in [2.05, 4.69) is 44.7 Å². The number of carbonyl (C=O) groups is 1. The SMILES string of the molecule is CCN(Cc1cc(C)c(C)cc1C)C(C)CC(=O)O. The van der Waals surface area contributed by atoms with Gasteiger partial charge in [0.1, 0.15) is 0 Å². The van der Waals surface area contributed by atoms with Crippen LogP contribution in [-0.2, 0) is 11.3 Å². The second-order valence-corrected chi connectivity index (χ2v) is 5.37. The summed E-state index contributed by atoms with van der Waals surface area (Å²) in [7, 11) is 0. The number of carboxylic acids is 1. The molecule has 1 N–H and O–H groups in total.